The first kappa shape index (κ1) is 20.0. The van der Waals surface area contributed by atoms with Crippen molar-refractivity contribution in [1.82, 2.24) is 14.4 Å². The minimum Gasteiger partial charge on any atom is -0.478 e. The fraction of sp³-hybridized carbons (Fsp3) is 0.458. The minimum atomic E-state index is -0.969. The summed E-state index contributed by atoms with van der Waals surface area (Å²) in [5.41, 5.74) is 2.80. The van der Waals surface area contributed by atoms with Crippen molar-refractivity contribution in [3.8, 4) is 11.1 Å². The van der Waals surface area contributed by atoms with Crippen molar-refractivity contribution in [2.75, 3.05) is 26.7 Å². The van der Waals surface area contributed by atoms with Crippen molar-refractivity contribution in [1.29, 1.82) is 0 Å². The lowest BCUT2D eigenvalue weighted by Gasteiger charge is -2.44. The number of carboxylic acid groups (broad SMARTS) is 1. The molecule has 0 spiro atoms. The van der Waals surface area contributed by atoms with E-state index in [0.717, 1.165) is 49.2 Å². The van der Waals surface area contributed by atoms with Crippen molar-refractivity contribution in [3.05, 3.63) is 58.0 Å². The maximum atomic E-state index is 13.2. The van der Waals surface area contributed by atoms with Crippen LogP contribution in [0.15, 0.2) is 41.2 Å². The number of hydrogen-bond acceptors (Lipinski definition) is 4. The third-order valence-electron chi connectivity index (χ3n) is 7.14. The molecule has 2 fully saturated rings. The molecule has 1 amide bonds. The molecule has 0 saturated carbocycles. The average molecular weight is 421 g/mol. The van der Waals surface area contributed by atoms with Gasteiger partial charge < -0.3 is 14.6 Å². The van der Waals surface area contributed by atoms with E-state index in [4.69, 9.17) is 5.11 Å². The highest BCUT2D eigenvalue weighted by Gasteiger charge is 2.39. The van der Waals surface area contributed by atoms with Crippen LogP contribution in [0.4, 0.5) is 0 Å². The molecule has 2 bridgehead atoms. The number of carboxylic acids is 1. The zero-order chi connectivity index (χ0) is 21.7. The van der Waals surface area contributed by atoms with Gasteiger partial charge in [-0.05, 0) is 68.1 Å². The van der Waals surface area contributed by atoms with Crippen LogP contribution >= 0.6 is 0 Å². The van der Waals surface area contributed by atoms with Gasteiger partial charge in [0.05, 0.1) is 11.6 Å². The summed E-state index contributed by atoms with van der Waals surface area (Å²) in [6.07, 6.45) is 2.98. The molecule has 3 aliphatic rings. The molecule has 5 rings (SSSR count). The number of piperidine rings is 1. The lowest BCUT2D eigenvalue weighted by molar-refractivity contribution is -0.138. The molecule has 162 valence electrons. The molecule has 7 nitrogen and oxygen atoms in total. The third kappa shape index (κ3) is 3.57. The van der Waals surface area contributed by atoms with Crippen LogP contribution in [-0.2, 0) is 11.3 Å². The van der Waals surface area contributed by atoms with Crippen LogP contribution in [0.2, 0.25) is 0 Å². The molecule has 4 heterocycles. The van der Waals surface area contributed by atoms with Gasteiger partial charge >= 0.3 is 5.97 Å². The molecule has 1 aromatic heterocycles. The van der Waals surface area contributed by atoms with E-state index >= 15 is 0 Å². The Kier molecular flexibility index (Phi) is 4.93. The van der Waals surface area contributed by atoms with E-state index in [1.165, 1.54) is 0 Å². The Balaban J connectivity index is 1.44. The third-order valence-corrected chi connectivity index (χ3v) is 7.14. The number of likely N-dealkylation sites (tertiary alicyclic amines) is 2. The first-order chi connectivity index (χ1) is 14.9. The van der Waals surface area contributed by atoms with Crippen molar-refractivity contribution in [2.24, 2.45) is 5.92 Å². The van der Waals surface area contributed by atoms with Gasteiger partial charge in [0, 0.05) is 37.3 Å². The molecule has 2 aromatic rings. The van der Waals surface area contributed by atoms with Crippen LogP contribution in [0.5, 0.6) is 0 Å². The van der Waals surface area contributed by atoms with Gasteiger partial charge in [0.2, 0.25) is 5.91 Å². The van der Waals surface area contributed by atoms with E-state index in [-0.39, 0.29) is 29.0 Å². The molecule has 3 aliphatic heterocycles. The highest BCUT2D eigenvalue weighted by molar-refractivity contribution is 5.88. The number of aromatic nitrogens is 1. The summed E-state index contributed by atoms with van der Waals surface area (Å²) in [6, 6.07) is 10.3. The largest absolute Gasteiger partial charge is 0.478 e. The van der Waals surface area contributed by atoms with Gasteiger partial charge in [0.1, 0.15) is 0 Å². The molecule has 1 aromatic carbocycles. The molecule has 2 saturated heterocycles. The second-order valence-corrected chi connectivity index (χ2v) is 9.18. The van der Waals surface area contributed by atoms with Gasteiger partial charge in [-0.15, -0.1) is 0 Å². The minimum absolute atomic E-state index is 0.0138. The Hall–Kier alpha value is -2.93. The number of rotatable bonds is 3. The van der Waals surface area contributed by atoms with E-state index in [1.807, 2.05) is 22.6 Å². The Labute approximate surface area is 180 Å². The zero-order valence-corrected chi connectivity index (χ0v) is 17.7. The molecular weight excluding hydrogens is 394 g/mol. The lowest BCUT2D eigenvalue weighted by atomic mass is 9.82. The molecule has 0 radical (unpaired) electrons. The van der Waals surface area contributed by atoms with E-state index < -0.39 is 5.97 Å². The summed E-state index contributed by atoms with van der Waals surface area (Å²) in [7, 11) is 2.02. The number of pyridine rings is 1. The van der Waals surface area contributed by atoms with Gasteiger partial charge in [-0.2, -0.15) is 0 Å². The van der Waals surface area contributed by atoms with Gasteiger partial charge in [-0.1, -0.05) is 12.1 Å². The van der Waals surface area contributed by atoms with Crippen molar-refractivity contribution in [3.63, 3.8) is 0 Å². The Bertz CT molecular complexity index is 1090. The highest BCUT2D eigenvalue weighted by atomic mass is 16.4. The van der Waals surface area contributed by atoms with Crippen LogP contribution in [-0.4, -0.2) is 64.1 Å². The van der Waals surface area contributed by atoms with Crippen LogP contribution < -0.4 is 5.56 Å². The Morgan fingerprint density at radius 1 is 1.03 bits per heavy atom. The second-order valence-electron chi connectivity index (χ2n) is 9.18. The van der Waals surface area contributed by atoms with Crippen LogP contribution in [0.1, 0.15) is 41.2 Å². The number of benzene rings is 1. The van der Waals surface area contributed by atoms with Gasteiger partial charge in [0.25, 0.3) is 5.56 Å². The lowest BCUT2D eigenvalue weighted by Crippen LogP contribution is -2.53. The number of fused-ring (bicyclic) bond motifs is 4. The first-order valence-electron chi connectivity index (χ1n) is 11.0. The average Bonchev–Trinajstić information content (AvgIpc) is 3.19. The number of likely N-dealkylation sites (N-methyl/N-ethyl adjacent to an activating group) is 1. The number of carbonyl (C=O) groups excluding carboxylic acids is 1. The normalized spacial score (nSPS) is 25.3. The zero-order valence-electron chi connectivity index (χ0n) is 17.7. The van der Waals surface area contributed by atoms with Crippen LogP contribution in [0.25, 0.3) is 11.1 Å². The summed E-state index contributed by atoms with van der Waals surface area (Å²) in [5, 5.41) is 9.12. The number of nitrogens with zero attached hydrogens (tertiary/aromatic N) is 3. The Morgan fingerprint density at radius 2 is 1.81 bits per heavy atom. The van der Waals surface area contributed by atoms with Crippen molar-refractivity contribution in [2.45, 2.75) is 37.8 Å². The summed E-state index contributed by atoms with van der Waals surface area (Å²) in [5.74, 6) is -0.289. The molecular formula is C24H27N3O4. The molecule has 31 heavy (non-hydrogen) atoms. The van der Waals surface area contributed by atoms with Crippen molar-refractivity contribution < 1.29 is 14.7 Å². The molecule has 3 atom stereocenters. The predicted molar refractivity (Wildman–Crippen MR) is 116 cm³/mol. The topological polar surface area (TPSA) is 82.9 Å². The maximum absolute atomic E-state index is 13.2. The van der Waals surface area contributed by atoms with Crippen LogP contribution in [0, 0.1) is 5.92 Å². The van der Waals surface area contributed by atoms with Gasteiger partial charge in [-0.3, -0.25) is 14.5 Å². The predicted octanol–water partition coefficient (Wildman–Crippen LogP) is 2.25. The van der Waals surface area contributed by atoms with Crippen molar-refractivity contribution >= 4 is 11.9 Å². The highest BCUT2D eigenvalue weighted by Crippen LogP contribution is 2.37. The van der Waals surface area contributed by atoms with E-state index in [9.17, 15) is 14.4 Å². The van der Waals surface area contributed by atoms with E-state index in [1.54, 1.807) is 30.3 Å². The standard InChI is InChI=1S/C24H27N3O4/c1-25-8-2-3-20(25)23(29)26-12-15-9-19(14-26)21-10-18(11-22(28)27(21)13-15)16-4-6-17(7-5-16)24(30)31/h4-7,10-11,15,19-20H,2-3,8-9,12-14H2,1H3,(H,30,31)/t15-,19+,20-/m0/s1. The summed E-state index contributed by atoms with van der Waals surface area (Å²) < 4.78 is 1.87. The summed E-state index contributed by atoms with van der Waals surface area (Å²) in [4.78, 5) is 41.4. The molecule has 7 heteroatoms. The maximum Gasteiger partial charge on any atom is 0.335 e. The Morgan fingerprint density at radius 3 is 2.48 bits per heavy atom. The fourth-order valence-electron chi connectivity index (χ4n) is 5.54. The monoisotopic (exact) mass is 421 g/mol. The SMILES string of the molecule is CN1CCC[C@H]1C(=O)N1C[C@@H]2C[C@H](C1)c1cc(-c3ccc(C(=O)O)cc3)cc(=O)n1C2. The number of hydrogen-bond donors (Lipinski definition) is 1. The number of aromatic carboxylic acids is 1. The van der Waals surface area contributed by atoms with Gasteiger partial charge in [-0.25, -0.2) is 4.79 Å². The summed E-state index contributed by atoms with van der Waals surface area (Å²) in [6.45, 7) is 3.00. The van der Waals surface area contributed by atoms with E-state index in [0.29, 0.717) is 19.0 Å². The fourth-order valence-corrected chi connectivity index (χ4v) is 5.54. The first-order valence-corrected chi connectivity index (χ1v) is 11.0. The summed E-state index contributed by atoms with van der Waals surface area (Å²) >= 11 is 0. The molecule has 0 unspecified atom stereocenters. The second kappa shape index (κ2) is 7.64. The number of carbonyl (C=O) groups is 2. The number of amides is 1. The smallest absolute Gasteiger partial charge is 0.335 e. The van der Waals surface area contributed by atoms with E-state index in [2.05, 4.69) is 4.90 Å². The molecule has 0 aliphatic carbocycles. The van der Waals surface area contributed by atoms with Gasteiger partial charge in [0.15, 0.2) is 0 Å². The molecule has 1 N–H and O–H groups in total. The quantitative estimate of drug-likeness (QED) is 0.822. The van der Waals surface area contributed by atoms with Crippen LogP contribution in [0.3, 0.4) is 0 Å².